The molecule has 1 aromatic heterocycles. The van der Waals surface area contributed by atoms with E-state index in [9.17, 15) is 9.18 Å². The third-order valence-electron chi connectivity index (χ3n) is 5.71. The predicted molar refractivity (Wildman–Crippen MR) is 110 cm³/mol. The molecule has 1 amide bonds. The van der Waals surface area contributed by atoms with Crippen LogP contribution in [-0.4, -0.2) is 48.4 Å². The van der Waals surface area contributed by atoms with Crippen molar-refractivity contribution in [3.63, 3.8) is 0 Å². The molecule has 2 heterocycles. The summed E-state index contributed by atoms with van der Waals surface area (Å²) >= 11 is 0. The van der Waals surface area contributed by atoms with Crippen molar-refractivity contribution in [3.05, 3.63) is 47.4 Å². The Morgan fingerprint density at radius 3 is 2.79 bits per heavy atom. The highest BCUT2D eigenvalue weighted by atomic mass is 19.1. The number of morpholine rings is 1. The first-order valence-corrected chi connectivity index (χ1v) is 10.0. The average molecular weight is 394 g/mol. The highest BCUT2D eigenvalue weighted by Crippen LogP contribution is 2.33. The van der Waals surface area contributed by atoms with Crippen molar-refractivity contribution in [3.8, 4) is 11.1 Å². The summed E-state index contributed by atoms with van der Waals surface area (Å²) in [6.45, 7) is 4.56. The van der Waals surface area contributed by atoms with Crippen molar-refractivity contribution in [1.82, 2.24) is 15.5 Å². The molecule has 5 rings (SSSR count). The lowest BCUT2D eigenvalue weighted by Gasteiger charge is -2.29. The molecule has 1 saturated carbocycles. The smallest absolute Gasteiger partial charge is 0.272 e. The van der Waals surface area contributed by atoms with Crippen LogP contribution in [0.5, 0.6) is 0 Å². The molecule has 0 unspecified atom stereocenters. The van der Waals surface area contributed by atoms with Crippen LogP contribution < -0.4 is 10.2 Å². The number of carbonyl (C=O) groups is 1. The molecule has 1 saturated heterocycles. The SMILES string of the molecule is Cc1c(F)cc(N2CCOCC2)cc1-c1ccc2[nH]nc(C(=O)NC3CC3)c2c1. The molecule has 7 heteroatoms. The zero-order chi connectivity index (χ0) is 20.0. The first kappa shape index (κ1) is 18.1. The Hall–Kier alpha value is -2.93. The van der Waals surface area contributed by atoms with Gasteiger partial charge in [-0.3, -0.25) is 9.89 Å². The zero-order valence-electron chi connectivity index (χ0n) is 16.3. The van der Waals surface area contributed by atoms with Crippen LogP contribution in [0.3, 0.4) is 0 Å². The van der Waals surface area contributed by atoms with Crippen LogP contribution in [0.4, 0.5) is 10.1 Å². The van der Waals surface area contributed by atoms with Gasteiger partial charge in [0.05, 0.1) is 18.7 Å². The zero-order valence-corrected chi connectivity index (χ0v) is 16.3. The van der Waals surface area contributed by atoms with Gasteiger partial charge in [0.2, 0.25) is 0 Å². The lowest BCUT2D eigenvalue weighted by molar-refractivity contribution is 0.0947. The summed E-state index contributed by atoms with van der Waals surface area (Å²) in [4.78, 5) is 14.7. The van der Waals surface area contributed by atoms with E-state index in [4.69, 9.17) is 4.74 Å². The van der Waals surface area contributed by atoms with Crippen LogP contribution in [-0.2, 0) is 4.74 Å². The molecular formula is C22H23FN4O2. The van der Waals surface area contributed by atoms with Gasteiger partial charge in [0, 0.05) is 30.2 Å². The van der Waals surface area contributed by atoms with Crippen LogP contribution >= 0.6 is 0 Å². The second-order valence-corrected chi connectivity index (χ2v) is 7.78. The Labute approximate surface area is 168 Å². The van der Waals surface area contributed by atoms with Gasteiger partial charge >= 0.3 is 0 Å². The number of benzene rings is 2. The Balaban J connectivity index is 1.55. The highest BCUT2D eigenvalue weighted by molar-refractivity contribution is 6.06. The molecular weight excluding hydrogens is 371 g/mol. The van der Waals surface area contributed by atoms with Crippen LogP contribution in [0, 0.1) is 12.7 Å². The van der Waals surface area contributed by atoms with E-state index in [0.717, 1.165) is 53.6 Å². The lowest BCUT2D eigenvalue weighted by atomic mass is 9.97. The molecule has 0 bridgehead atoms. The third kappa shape index (κ3) is 3.46. The second-order valence-electron chi connectivity index (χ2n) is 7.78. The fourth-order valence-corrected chi connectivity index (χ4v) is 3.80. The summed E-state index contributed by atoms with van der Waals surface area (Å²) in [5.41, 5.74) is 4.31. The number of carbonyl (C=O) groups excluding carboxylic acids is 1. The number of hydrogen-bond acceptors (Lipinski definition) is 4. The lowest BCUT2D eigenvalue weighted by Crippen LogP contribution is -2.36. The van der Waals surface area contributed by atoms with E-state index in [-0.39, 0.29) is 17.8 Å². The van der Waals surface area contributed by atoms with Crippen LogP contribution in [0.25, 0.3) is 22.0 Å². The van der Waals surface area contributed by atoms with Gasteiger partial charge in [-0.15, -0.1) is 0 Å². The van der Waals surface area contributed by atoms with Crippen LogP contribution in [0.2, 0.25) is 0 Å². The van der Waals surface area contributed by atoms with Gasteiger partial charge in [0.1, 0.15) is 5.82 Å². The summed E-state index contributed by atoms with van der Waals surface area (Å²) in [5, 5.41) is 10.9. The van der Waals surface area contributed by atoms with Crippen molar-refractivity contribution in [1.29, 1.82) is 0 Å². The van der Waals surface area contributed by atoms with Crippen molar-refractivity contribution >= 4 is 22.5 Å². The first-order valence-electron chi connectivity index (χ1n) is 10.0. The van der Waals surface area contributed by atoms with E-state index in [1.54, 1.807) is 13.0 Å². The highest BCUT2D eigenvalue weighted by Gasteiger charge is 2.26. The number of amides is 1. The van der Waals surface area contributed by atoms with Gasteiger partial charge in [-0.05, 0) is 60.7 Å². The predicted octanol–water partition coefficient (Wildman–Crippen LogP) is 3.41. The maximum absolute atomic E-state index is 14.8. The van der Waals surface area contributed by atoms with Gasteiger partial charge < -0.3 is 15.0 Å². The molecule has 6 nitrogen and oxygen atoms in total. The Kier molecular flexibility index (Phi) is 4.47. The molecule has 0 spiro atoms. The summed E-state index contributed by atoms with van der Waals surface area (Å²) in [6.07, 6.45) is 2.04. The van der Waals surface area contributed by atoms with Crippen molar-refractivity contribution in [2.75, 3.05) is 31.2 Å². The van der Waals surface area contributed by atoms with Gasteiger partial charge in [-0.25, -0.2) is 4.39 Å². The van der Waals surface area contributed by atoms with Crippen LogP contribution in [0.15, 0.2) is 30.3 Å². The van der Waals surface area contributed by atoms with E-state index < -0.39 is 0 Å². The number of anilines is 1. The monoisotopic (exact) mass is 394 g/mol. The van der Waals surface area contributed by atoms with E-state index >= 15 is 0 Å². The second kappa shape index (κ2) is 7.15. The Bertz CT molecular complexity index is 1080. The number of aromatic amines is 1. The fourth-order valence-electron chi connectivity index (χ4n) is 3.80. The maximum atomic E-state index is 14.8. The normalized spacial score (nSPS) is 17.0. The Morgan fingerprint density at radius 1 is 1.24 bits per heavy atom. The summed E-state index contributed by atoms with van der Waals surface area (Å²) in [5.74, 6) is -0.399. The van der Waals surface area contributed by atoms with Gasteiger partial charge in [0.15, 0.2) is 5.69 Å². The molecule has 29 heavy (non-hydrogen) atoms. The number of nitrogens with zero attached hydrogens (tertiary/aromatic N) is 2. The largest absolute Gasteiger partial charge is 0.378 e. The molecule has 2 fully saturated rings. The minimum Gasteiger partial charge on any atom is -0.378 e. The van der Waals surface area contributed by atoms with Gasteiger partial charge in [-0.2, -0.15) is 5.10 Å². The van der Waals surface area contributed by atoms with E-state index in [0.29, 0.717) is 24.5 Å². The molecule has 0 radical (unpaired) electrons. The number of ether oxygens (including phenoxy) is 1. The number of aromatic nitrogens is 2. The maximum Gasteiger partial charge on any atom is 0.272 e. The molecule has 2 aromatic carbocycles. The molecule has 1 aliphatic heterocycles. The van der Waals surface area contributed by atoms with Crippen molar-refractivity contribution in [2.24, 2.45) is 0 Å². The minimum absolute atomic E-state index is 0.166. The fraction of sp³-hybridized carbons (Fsp3) is 0.364. The summed E-state index contributed by atoms with van der Waals surface area (Å²) in [7, 11) is 0. The summed E-state index contributed by atoms with van der Waals surface area (Å²) < 4.78 is 20.2. The number of rotatable bonds is 4. The minimum atomic E-state index is -0.233. The van der Waals surface area contributed by atoms with Crippen molar-refractivity contribution in [2.45, 2.75) is 25.8 Å². The molecule has 1 aliphatic carbocycles. The summed E-state index contributed by atoms with van der Waals surface area (Å²) in [6, 6.07) is 9.63. The molecule has 2 aliphatic rings. The van der Waals surface area contributed by atoms with Gasteiger partial charge in [0.25, 0.3) is 5.91 Å². The van der Waals surface area contributed by atoms with E-state index in [1.807, 2.05) is 24.3 Å². The number of hydrogen-bond donors (Lipinski definition) is 2. The quantitative estimate of drug-likeness (QED) is 0.712. The van der Waals surface area contributed by atoms with Crippen molar-refractivity contribution < 1.29 is 13.9 Å². The average Bonchev–Trinajstić information content (AvgIpc) is 3.45. The first-order chi connectivity index (χ1) is 14.1. The number of nitrogens with one attached hydrogen (secondary N) is 2. The number of fused-ring (bicyclic) bond motifs is 1. The molecule has 3 aromatic rings. The van der Waals surface area contributed by atoms with E-state index in [2.05, 4.69) is 20.4 Å². The number of halogens is 1. The Morgan fingerprint density at radius 2 is 2.03 bits per heavy atom. The topological polar surface area (TPSA) is 70.2 Å². The van der Waals surface area contributed by atoms with Gasteiger partial charge in [-0.1, -0.05) is 6.07 Å². The van der Waals surface area contributed by atoms with Crippen LogP contribution in [0.1, 0.15) is 28.9 Å². The molecule has 150 valence electrons. The third-order valence-corrected chi connectivity index (χ3v) is 5.71. The van der Waals surface area contributed by atoms with E-state index in [1.165, 1.54) is 0 Å². The number of H-pyrrole nitrogens is 1. The molecule has 0 atom stereocenters. The molecule has 2 N–H and O–H groups in total. The standard InChI is InChI=1S/C22H23FN4O2/c1-13-17(11-16(12-19(13)23)27-6-8-29-9-7-27)14-2-5-20-18(10-14)21(26-25-20)22(28)24-15-3-4-15/h2,5,10-12,15H,3-4,6-9H2,1H3,(H,24,28)(H,25,26).